The number of carbonyl (C=O) groups excluding carboxylic acids is 2. The van der Waals surface area contributed by atoms with Crippen LogP contribution in [0, 0.1) is 0 Å². The molecule has 6 nitrogen and oxygen atoms in total. The fraction of sp³-hybridized carbons (Fsp3) is 0.800. The first kappa shape index (κ1) is 12.9. The van der Waals surface area contributed by atoms with Gasteiger partial charge >= 0.3 is 0 Å². The number of nitrogens with two attached hydrogens (primary N) is 2. The SMILES string of the molecule is CC(NCC(N)C(N)=O)C(=O)N1CCCC1. The summed E-state index contributed by atoms with van der Waals surface area (Å²) < 4.78 is 0. The maximum absolute atomic E-state index is 11.8. The van der Waals surface area contributed by atoms with Gasteiger partial charge in [-0.2, -0.15) is 0 Å². The number of carbonyl (C=O) groups is 2. The lowest BCUT2D eigenvalue weighted by Crippen LogP contribution is -2.50. The Morgan fingerprint density at radius 3 is 2.44 bits per heavy atom. The zero-order valence-corrected chi connectivity index (χ0v) is 9.61. The van der Waals surface area contributed by atoms with Crippen LogP contribution in [0.25, 0.3) is 0 Å². The zero-order valence-electron chi connectivity index (χ0n) is 9.61. The second-order valence-corrected chi connectivity index (χ2v) is 4.17. The van der Waals surface area contributed by atoms with E-state index in [4.69, 9.17) is 11.5 Å². The van der Waals surface area contributed by atoms with Gasteiger partial charge in [0.2, 0.25) is 11.8 Å². The van der Waals surface area contributed by atoms with Gasteiger partial charge in [-0.3, -0.25) is 9.59 Å². The molecule has 0 aliphatic carbocycles. The zero-order chi connectivity index (χ0) is 12.1. The third kappa shape index (κ3) is 3.46. The van der Waals surface area contributed by atoms with Gasteiger partial charge < -0.3 is 21.7 Å². The normalized spacial score (nSPS) is 19.5. The van der Waals surface area contributed by atoms with Crippen LogP contribution in [-0.4, -0.2) is 48.4 Å². The molecule has 92 valence electrons. The van der Waals surface area contributed by atoms with Crippen LogP contribution in [0.5, 0.6) is 0 Å². The van der Waals surface area contributed by atoms with Crippen LogP contribution in [0.15, 0.2) is 0 Å². The number of likely N-dealkylation sites (tertiary alicyclic amines) is 1. The van der Waals surface area contributed by atoms with Crippen LogP contribution in [-0.2, 0) is 9.59 Å². The third-order valence-corrected chi connectivity index (χ3v) is 2.80. The van der Waals surface area contributed by atoms with E-state index in [-0.39, 0.29) is 18.5 Å². The molecular weight excluding hydrogens is 208 g/mol. The van der Waals surface area contributed by atoms with Crippen molar-refractivity contribution in [2.45, 2.75) is 31.8 Å². The van der Waals surface area contributed by atoms with Crippen molar-refractivity contribution in [3.8, 4) is 0 Å². The molecule has 0 aromatic carbocycles. The van der Waals surface area contributed by atoms with Gasteiger partial charge in [0.05, 0.1) is 12.1 Å². The summed E-state index contributed by atoms with van der Waals surface area (Å²) in [6.45, 7) is 3.66. The molecule has 16 heavy (non-hydrogen) atoms. The number of hydrogen-bond acceptors (Lipinski definition) is 4. The van der Waals surface area contributed by atoms with Gasteiger partial charge in [-0.15, -0.1) is 0 Å². The van der Waals surface area contributed by atoms with Crippen molar-refractivity contribution in [2.75, 3.05) is 19.6 Å². The molecule has 1 rings (SSSR count). The maximum atomic E-state index is 11.8. The summed E-state index contributed by atoms with van der Waals surface area (Å²) in [5, 5.41) is 2.92. The first-order valence-corrected chi connectivity index (χ1v) is 5.59. The van der Waals surface area contributed by atoms with Crippen LogP contribution in [0.4, 0.5) is 0 Å². The number of amides is 2. The van der Waals surface area contributed by atoms with Gasteiger partial charge in [0, 0.05) is 19.6 Å². The average Bonchev–Trinajstić information content (AvgIpc) is 2.77. The highest BCUT2D eigenvalue weighted by atomic mass is 16.2. The molecule has 2 amide bonds. The topological polar surface area (TPSA) is 101 Å². The fourth-order valence-corrected chi connectivity index (χ4v) is 1.70. The van der Waals surface area contributed by atoms with Crippen LogP contribution in [0.2, 0.25) is 0 Å². The van der Waals surface area contributed by atoms with E-state index in [1.54, 1.807) is 6.92 Å². The Bertz CT molecular complexity index is 264. The molecule has 0 spiro atoms. The predicted molar refractivity (Wildman–Crippen MR) is 60.4 cm³/mol. The molecular formula is C10H20N4O2. The van der Waals surface area contributed by atoms with Gasteiger partial charge in [0.1, 0.15) is 0 Å². The second-order valence-electron chi connectivity index (χ2n) is 4.17. The molecule has 0 aromatic heterocycles. The van der Waals surface area contributed by atoms with Gasteiger partial charge in [-0.25, -0.2) is 0 Å². The highest BCUT2D eigenvalue weighted by Crippen LogP contribution is 2.08. The molecule has 0 radical (unpaired) electrons. The van der Waals surface area contributed by atoms with E-state index in [1.165, 1.54) is 0 Å². The molecule has 6 heteroatoms. The van der Waals surface area contributed by atoms with Crippen molar-refractivity contribution >= 4 is 11.8 Å². The predicted octanol–water partition coefficient (Wildman–Crippen LogP) is -1.60. The molecule has 1 saturated heterocycles. The molecule has 1 aliphatic rings. The van der Waals surface area contributed by atoms with Crippen molar-refractivity contribution in [1.82, 2.24) is 10.2 Å². The molecule has 1 heterocycles. The molecule has 0 bridgehead atoms. The fourth-order valence-electron chi connectivity index (χ4n) is 1.70. The minimum atomic E-state index is -0.742. The molecule has 0 aromatic rings. The summed E-state index contributed by atoms with van der Waals surface area (Å²) >= 11 is 0. The average molecular weight is 228 g/mol. The van der Waals surface area contributed by atoms with Crippen LogP contribution in [0.3, 0.4) is 0 Å². The van der Waals surface area contributed by atoms with Crippen LogP contribution < -0.4 is 16.8 Å². The standard InChI is InChI=1S/C10H20N4O2/c1-7(13-6-8(11)9(12)15)10(16)14-4-2-3-5-14/h7-8,13H,2-6,11H2,1H3,(H2,12,15). The van der Waals surface area contributed by atoms with E-state index in [1.807, 2.05) is 4.90 Å². The van der Waals surface area contributed by atoms with Crippen molar-refractivity contribution in [1.29, 1.82) is 0 Å². The van der Waals surface area contributed by atoms with E-state index in [2.05, 4.69) is 5.32 Å². The second kappa shape index (κ2) is 5.81. The quantitative estimate of drug-likeness (QED) is 0.527. The minimum Gasteiger partial charge on any atom is -0.368 e. The number of nitrogens with zero attached hydrogens (tertiary/aromatic N) is 1. The molecule has 2 unspecified atom stereocenters. The Kier molecular flexibility index (Phi) is 4.70. The van der Waals surface area contributed by atoms with E-state index < -0.39 is 11.9 Å². The number of nitrogens with one attached hydrogen (secondary N) is 1. The Balaban J connectivity index is 2.31. The lowest BCUT2D eigenvalue weighted by atomic mass is 10.2. The first-order chi connectivity index (χ1) is 7.52. The number of primary amides is 1. The Morgan fingerprint density at radius 2 is 1.94 bits per heavy atom. The molecule has 0 saturated carbocycles. The van der Waals surface area contributed by atoms with Crippen molar-refractivity contribution in [3.05, 3.63) is 0 Å². The lowest BCUT2D eigenvalue weighted by Gasteiger charge is -2.21. The van der Waals surface area contributed by atoms with Gasteiger partial charge in [-0.05, 0) is 19.8 Å². The highest BCUT2D eigenvalue weighted by Gasteiger charge is 2.23. The number of hydrogen-bond donors (Lipinski definition) is 3. The minimum absolute atomic E-state index is 0.0640. The summed E-state index contributed by atoms with van der Waals surface area (Å²) in [5.41, 5.74) is 10.5. The van der Waals surface area contributed by atoms with Gasteiger partial charge in [0.15, 0.2) is 0 Å². The van der Waals surface area contributed by atoms with Gasteiger partial charge in [0.25, 0.3) is 0 Å². The molecule has 1 aliphatic heterocycles. The van der Waals surface area contributed by atoms with E-state index in [0.29, 0.717) is 0 Å². The van der Waals surface area contributed by atoms with Crippen molar-refractivity contribution in [2.24, 2.45) is 11.5 Å². The summed E-state index contributed by atoms with van der Waals surface area (Å²) in [6, 6.07) is -1.06. The summed E-state index contributed by atoms with van der Waals surface area (Å²) in [6.07, 6.45) is 2.14. The maximum Gasteiger partial charge on any atom is 0.239 e. The van der Waals surface area contributed by atoms with Crippen molar-refractivity contribution < 1.29 is 9.59 Å². The van der Waals surface area contributed by atoms with E-state index in [9.17, 15) is 9.59 Å². The Labute approximate surface area is 95.3 Å². The Hall–Kier alpha value is -1.14. The summed E-state index contributed by atoms with van der Waals surface area (Å²) in [5.74, 6) is -0.498. The van der Waals surface area contributed by atoms with Crippen LogP contribution in [0.1, 0.15) is 19.8 Å². The first-order valence-electron chi connectivity index (χ1n) is 5.59. The lowest BCUT2D eigenvalue weighted by molar-refractivity contribution is -0.132. The molecule has 5 N–H and O–H groups in total. The Morgan fingerprint density at radius 1 is 1.38 bits per heavy atom. The number of rotatable bonds is 5. The summed E-state index contributed by atoms with van der Waals surface area (Å²) in [4.78, 5) is 24.4. The van der Waals surface area contributed by atoms with E-state index >= 15 is 0 Å². The summed E-state index contributed by atoms with van der Waals surface area (Å²) in [7, 11) is 0. The molecule has 1 fully saturated rings. The monoisotopic (exact) mass is 228 g/mol. The van der Waals surface area contributed by atoms with Crippen molar-refractivity contribution in [3.63, 3.8) is 0 Å². The third-order valence-electron chi connectivity index (χ3n) is 2.80. The highest BCUT2D eigenvalue weighted by molar-refractivity contribution is 5.82. The largest absolute Gasteiger partial charge is 0.368 e. The van der Waals surface area contributed by atoms with Gasteiger partial charge in [-0.1, -0.05) is 0 Å². The smallest absolute Gasteiger partial charge is 0.239 e. The molecule has 2 atom stereocenters. The van der Waals surface area contributed by atoms with Crippen LogP contribution >= 0.6 is 0 Å². The van der Waals surface area contributed by atoms with E-state index in [0.717, 1.165) is 25.9 Å².